The summed E-state index contributed by atoms with van der Waals surface area (Å²) in [6, 6.07) is -1.46. The molecule has 0 spiro atoms. The highest BCUT2D eigenvalue weighted by Gasteiger charge is 2.27. The lowest BCUT2D eigenvalue weighted by molar-refractivity contribution is -0.152. The van der Waals surface area contributed by atoms with Gasteiger partial charge in [-0.2, -0.15) is 0 Å². The number of carbonyl (C=O) groups is 2. The molecule has 4 N–H and O–H groups in total. The molecule has 0 heterocycles. The number of aliphatic carboxylic acids is 1. The van der Waals surface area contributed by atoms with Gasteiger partial charge in [0.1, 0.15) is 12.1 Å². The molecule has 0 amide bonds. The third kappa shape index (κ3) is 28.8. The third-order valence-electron chi connectivity index (χ3n) is 6.94. The Morgan fingerprint density at radius 2 is 1.07 bits per heavy atom. The molecule has 10 nitrogen and oxygen atoms in total. The summed E-state index contributed by atoms with van der Waals surface area (Å²) < 4.78 is 31.9. The zero-order valence-electron chi connectivity index (χ0n) is 25.9. The lowest BCUT2D eigenvalue weighted by Crippen LogP contribution is -2.34. The predicted octanol–water partition coefficient (Wildman–Crippen LogP) is 7.30. The van der Waals surface area contributed by atoms with Crippen LogP contribution in [0.1, 0.15) is 142 Å². The van der Waals surface area contributed by atoms with Gasteiger partial charge in [-0.3, -0.25) is 18.6 Å². The highest BCUT2D eigenvalue weighted by molar-refractivity contribution is 7.47. The topological polar surface area (TPSA) is 155 Å². The lowest BCUT2D eigenvalue weighted by atomic mass is 10.0. The van der Waals surface area contributed by atoms with Crippen molar-refractivity contribution >= 4 is 19.8 Å². The number of unbranched alkanes of at least 4 members (excludes halogenated alkanes) is 19. The smallest absolute Gasteiger partial charge is 0.472 e. The summed E-state index contributed by atoms with van der Waals surface area (Å²) in [4.78, 5) is 31.7. The molecule has 0 saturated carbocycles. The fourth-order valence-electron chi connectivity index (χ4n) is 4.49. The zero-order chi connectivity index (χ0) is 30.6. The number of hydrogen-bond acceptors (Lipinski definition) is 8. The number of rotatable bonds is 31. The number of phosphoric acid groups is 1. The summed E-state index contributed by atoms with van der Waals surface area (Å²) in [6.45, 7) is 2.84. The minimum absolute atomic E-state index is 0.00729. The molecule has 0 aromatic rings. The summed E-state index contributed by atoms with van der Waals surface area (Å²) >= 11 is 0. The van der Waals surface area contributed by atoms with Crippen molar-refractivity contribution < 1.29 is 42.7 Å². The van der Waals surface area contributed by atoms with Gasteiger partial charge in [-0.1, -0.05) is 129 Å². The van der Waals surface area contributed by atoms with E-state index in [9.17, 15) is 19.0 Å². The summed E-state index contributed by atoms with van der Waals surface area (Å²) in [5, 5.41) is 8.70. The van der Waals surface area contributed by atoms with Gasteiger partial charge in [-0.15, -0.1) is 0 Å². The molecule has 11 heteroatoms. The Kier molecular flexibility index (Phi) is 27.1. The van der Waals surface area contributed by atoms with E-state index in [2.05, 4.69) is 11.4 Å². The van der Waals surface area contributed by atoms with Gasteiger partial charge < -0.3 is 25.2 Å². The van der Waals surface area contributed by atoms with Crippen LogP contribution in [-0.4, -0.2) is 60.5 Å². The number of ether oxygens (including phenoxy) is 2. The first kappa shape index (κ1) is 40.0. The van der Waals surface area contributed by atoms with Crippen LogP contribution >= 0.6 is 7.82 Å². The summed E-state index contributed by atoms with van der Waals surface area (Å²) in [7, 11) is -4.56. The SMILES string of the molecule is CCCCCCCCCCCCCCCCCCCCCCOC[C@H](COP(=O)(O)OC[C@H](N)C(=O)O)OC(C)=O. The van der Waals surface area contributed by atoms with E-state index in [1.807, 2.05) is 0 Å². The van der Waals surface area contributed by atoms with Gasteiger partial charge >= 0.3 is 19.8 Å². The normalized spacial score (nSPS) is 14.4. The van der Waals surface area contributed by atoms with Crippen LogP contribution in [0.5, 0.6) is 0 Å². The van der Waals surface area contributed by atoms with Crippen molar-refractivity contribution in [1.82, 2.24) is 0 Å². The summed E-state index contributed by atoms with van der Waals surface area (Å²) in [6.07, 6.45) is 25.5. The van der Waals surface area contributed by atoms with E-state index >= 15 is 0 Å². The molecule has 0 aromatic heterocycles. The second-order valence-corrected chi connectivity index (χ2v) is 12.5. The number of hydrogen-bond donors (Lipinski definition) is 3. The van der Waals surface area contributed by atoms with Crippen molar-refractivity contribution in [3.05, 3.63) is 0 Å². The van der Waals surface area contributed by atoms with Gasteiger partial charge in [0.2, 0.25) is 0 Å². The quantitative estimate of drug-likeness (QED) is 0.0414. The maximum absolute atomic E-state index is 11.9. The second kappa shape index (κ2) is 27.8. The number of carboxylic acids is 1. The van der Waals surface area contributed by atoms with E-state index in [0.717, 1.165) is 19.3 Å². The van der Waals surface area contributed by atoms with E-state index in [1.54, 1.807) is 0 Å². The Balaban J connectivity index is 3.62. The van der Waals surface area contributed by atoms with Crippen molar-refractivity contribution in [2.75, 3.05) is 26.4 Å². The Bertz CT molecular complexity index is 680. The van der Waals surface area contributed by atoms with Crippen LogP contribution in [0, 0.1) is 0 Å². The molecular weight excluding hydrogens is 549 g/mol. The number of carbonyl (C=O) groups excluding carboxylic acids is 1. The van der Waals surface area contributed by atoms with Gasteiger partial charge in [0.25, 0.3) is 0 Å². The van der Waals surface area contributed by atoms with Crippen LogP contribution in [0.2, 0.25) is 0 Å². The zero-order valence-corrected chi connectivity index (χ0v) is 26.8. The summed E-state index contributed by atoms with van der Waals surface area (Å²) in [5.41, 5.74) is 5.24. The van der Waals surface area contributed by atoms with Crippen molar-refractivity contribution in [3.8, 4) is 0 Å². The Hall–Kier alpha value is -1.03. The largest absolute Gasteiger partial charge is 0.480 e. The molecule has 0 aromatic carbocycles. The van der Waals surface area contributed by atoms with E-state index in [1.165, 1.54) is 116 Å². The predicted molar refractivity (Wildman–Crippen MR) is 162 cm³/mol. The van der Waals surface area contributed by atoms with E-state index in [0.29, 0.717) is 6.61 Å². The Morgan fingerprint density at radius 3 is 1.46 bits per heavy atom. The first-order chi connectivity index (χ1) is 19.7. The lowest BCUT2D eigenvalue weighted by Gasteiger charge is -2.19. The monoisotopic (exact) mass is 609 g/mol. The molecule has 0 fully saturated rings. The molecule has 244 valence electrons. The Labute approximate surface area is 249 Å². The maximum atomic E-state index is 11.9. The number of nitrogens with two attached hydrogens (primary N) is 1. The Morgan fingerprint density at radius 1 is 0.683 bits per heavy atom. The molecule has 3 atom stereocenters. The van der Waals surface area contributed by atoms with Crippen molar-refractivity contribution in [2.45, 2.75) is 154 Å². The highest BCUT2D eigenvalue weighted by Crippen LogP contribution is 2.43. The molecule has 1 unspecified atom stereocenters. The molecule has 0 rings (SSSR count). The standard InChI is InChI=1S/C30H60NO9P/c1-3-4-5-6-7-8-9-10-11-12-13-14-15-16-17-18-19-20-21-22-23-37-24-28(40-27(2)32)25-38-41(35,36)39-26-29(31)30(33)34/h28-29H,3-26,31H2,1-2H3,(H,33,34)(H,35,36)/t28-,29+/m1/s1. The van der Waals surface area contributed by atoms with Gasteiger partial charge in [0.15, 0.2) is 0 Å². The molecule has 0 saturated heterocycles. The molecule has 0 radical (unpaired) electrons. The first-order valence-electron chi connectivity index (χ1n) is 16.0. The van der Waals surface area contributed by atoms with Crippen LogP contribution in [0.25, 0.3) is 0 Å². The minimum atomic E-state index is -4.56. The number of esters is 1. The molecule has 0 bridgehead atoms. The van der Waals surface area contributed by atoms with Crippen LogP contribution in [0.3, 0.4) is 0 Å². The van der Waals surface area contributed by atoms with Gasteiger partial charge in [-0.25, -0.2) is 4.57 Å². The first-order valence-corrected chi connectivity index (χ1v) is 17.5. The van der Waals surface area contributed by atoms with E-state index in [-0.39, 0.29) is 6.61 Å². The van der Waals surface area contributed by atoms with Crippen molar-refractivity contribution in [1.29, 1.82) is 0 Å². The molecule has 0 aliphatic rings. The maximum Gasteiger partial charge on any atom is 0.472 e. The number of phosphoric ester groups is 1. The number of carboxylic acid groups (broad SMARTS) is 1. The average molecular weight is 610 g/mol. The minimum Gasteiger partial charge on any atom is -0.480 e. The molecular formula is C30H60NO9P. The van der Waals surface area contributed by atoms with Crippen LogP contribution < -0.4 is 5.73 Å². The molecule has 41 heavy (non-hydrogen) atoms. The van der Waals surface area contributed by atoms with E-state index in [4.69, 9.17) is 24.8 Å². The van der Waals surface area contributed by atoms with E-state index < -0.39 is 45.1 Å². The fraction of sp³-hybridized carbons (Fsp3) is 0.933. The van der Waals surface area contributed by atoms with Crippen LogP contribution in [0.4, 0.5) is 0 Å². The van der Waals surface area contributed by atoms with Gasteiger partial charge in [0.05, 0.1) is 19.8 Å². The van der Waals surface area contributed by atoms with Crippen molar-refractivity contribution in [3.63, 3.8) is 0 Å². The highest BCUT2D eigenvalue weighted by atomic mass is 31.2. The fourth-order valence-corrected chi connectivity index (χ4v) is 5.26. The summed E-state index contributed by atoms with van der Waals surface area (Å²) in [5.74, 6) is -1.95. The molecule has 0 aliphatic heterocycles. The van der Waals surface area contributed by atoms with Gasteiger partial charge in [0, 0.05) is 13.5 Å². The second-order valence-electron chi connectivity index (χ2n) is 11.0. The van der Waals surface area contributed by atoms with Gasteiger partial charge in [-0.05, 0) is 6.42 Å². The average Bonchev–Trinajstić information content (AvgIpc) is 2.92. The molecule has 0 aliphatic carbocycles. The third-order valence-corrected chi connectivity index (χ3v) is 7.89. The van der Waals surface area contributed by atoms with Crippen LogP contribution in [-0.2, 0) is 32.7 Å². The van der Waals surface area contributed by atoms with Crippen LogP contribution in [0.15, 0.2) is 0 Å². The van der Waals surface area contributed by atoms with Crippen molar-refractivity contribution in [2.24, 2.45) is 5.73 Å².